The third-order valence-corrected chi connectivity index (χ3v) is 6.48. The van der Waals surface area contributed by atoms with E-state index in [1.54, 1.807) is 35.6 Å². The van der Waals surface area contributed by atoms with Crippen LogP contribution in [-0.2, 0) is 28.8 Å². The van der Waals surface area contributed by atoms with E-state index in [1.165, 1.54) is 4.88 Å². The van der Waals surface area contributed by atoms with Gasteiger partial charge in [-0.2, -0.15) is 0 Å². The highest BCUT2D eigenvalue weighted by molar-refractivity contribution is 7.18. The first-order chi connectivity index (χ1) is 15.0. The number of Topliss-reactive ketones (excluding diaryl/α,β-unsaturated/α-hetero) is 1. The molecule has 8 heteroatoms. The van der Waals surface area contributed by atoms with Gasteiger partial charge in [0.2, 0.25) is 0 Å². The maximum atomic E-state index is 12.6. The van der Waals surface area contributed by atoms with E-state index in [-0.39, 0.29) is 30.8 Å². The molecule has 0 aliphatic heterocycles. The standard InChI is InChI=1S/C23H24N2O5S/c1-2-29-15-9-7-14(8-10-15)17(26)13-30-20(27)12-11-19-24-22(28)21-16-5-3-4-6-18(16)31-23(21)25-19/h7-10H,2-6,11-13H2,1H3,(H,24,25,28). The Morgan fingerprint density at radius 1 is 1.16 bits per heavy atom. The summed E-state index contributed by atoms with van der Waals surface area (Å²) in [5.74, 6) is 0.355. The first-order valence-corrected chi connectivity index (χ1v) is 11.3. The molecule has 1 aliphatic rings. The number of aromatic amines is 1. The number of carbonyl (C=O) groups is 2. The lowest BCUT2D eigenvalue weighted by Crippen LogP contribution is -2.16. The minimum absolute atomic E-state index is 0.0378. The summed E-state index contributed by atoms with van der Waals surface area (Å²) in [4.78, 5) is 46.2. The van der Waals surface area contributed by atoms with Gasteiger partial charge in [-0.1, -0.05) is 0 Å². The number of rotatable bonds is 8. The van der Waals surface area contributed by atoms with E-state index in [0.717, 1.165) is 36.1 Å². The molecule has 0 unspecified atom stereocenters. The number of ether oxygens (including phenoxy) is 2. The maximum absolute atomic E-state index is 12.6. The number of thiophene rings is 1. The lowest BCUT2D eigenvalue weighted by molar-refractivity contribution is -0.142. The van der Waals surface area contributed by atoms with Crippen LogP contribution in [-0.4, -0.2) is 34.9 Å². The monoisotopic (exact) mass is 440 g/mol. The molecule has 3 aromatic rings. The first kappa shape index (κ1) is 21.2. The van der Waals surface area contributed by atoms with Crippen LogP contribution >= 0.6 is 11.3 Å². The van der Waals surface area contributed by atoms with Crippen LogP contribution < -0.4 is 10.3 Å². The Balaban J connectivity index is 1.33. The number of hydrogen-bond acceptors (Lipinski definition) is 7. The van der Waals surface area contributed by atoms with Crippen LogP contribution in [0.2, 0.25) is 0 Å². The van der Waals surface area contributed by atoms with Gasteiger partial charge in [-0.3, -0.25) is 14.4 Å². The van der Waals surface area contributed by atoms with Crippen molar-refractivity contribution in [3.63, 3.8) is 0 Å². The molecule has 2 heterocycles. The summed E-state index contributed by atoms with van der Waals surface area (Å²) in [6.07, 6.45) is 4.46. The normalized spacial score (nSPS) is 13.1. The van der Waals surface area contributed by atoms with Crippen molar-refractivity contribution >= 4 is 33.3 Å². The van der Waals surface area contributed by atoms with Crippen molar-refractivity contribution in [1.82, 2.24) is 9.97 Å². The summed E-state index contributed by atoms with van der Waals surface area (Å²) in [6, 6.07) is 6.70. The Morgan fingerprint density at radius 3 is 2.71 bits per heavy atom. The van der Waals surface area contributed by atoms with E-state index in [9.17, 15) is 14.4 Å². The predicted octanol–water partition coefficient (Wildman–Crippen LogP) is 3.62. The number of nitrogens with zero attached hydrogens (tertiary/aromatic N) is 1. The summed E-state index contributed by atoms with van der Waals surface area (Å²) in [6.45, 7) is 2.11. The molecule has 0 amide bonds. The number of ketones is 1. The molecule has 1 aliphatic carbocycles. The summed E-state index contributed by atoms with van der Waals surface area (Å²) < 4.78 is 10.4. The molecular weight excluding hydrogens is 416 g/mol. The highest BCUT2D eigenvalue weighted by atomic mass is 32.1. The molecule has 4 rings (SSSR count). The average molecular weight is 441 g/mol. The highest BCUT2D eigenvalue weighted by Crippen LogP contribution is 2.33. The number of nitrogens with one attached hydrogen (secondary N) is 1. The molecule has 0 bridgehead atoms. The van der Waals surface area contributed by atoms with E-state index in [2.05, 4.69) is 9.97 Å². The molecule has 0 saturated heterocycles. The predicted molar refractivity (Wildman–Crippen MR) is 118 cm³/mol. The molecule has 1 N–H and O–H groups in total. The van der Waals surface area contributed by atoms with Crippen LogP contribution in [0.15, 0.2) is 29.1 Å². The van der Waals surface area contributed by atoms with Crippen molar-refractivity contribution in [2.45, 2.75) is 45.4 Å². The van der Waals surface area contributed by atoms with E-state index >= 15 is 0 Å². The fraction of sp³-hybridized carbons (Fsp3) is 0.391. The Morgan fingerprint density at radius 2 is 1.94 bits per heavy atom. The molecule has 0 radical (unpaired) electrons. The Kier molecular flexibility index (Phi) is 6.46. The summed E-state index contributed by atoms with van der Waals surface area (Å²) >= 11 is 1.58. The second-order valence-electron chi connectivity index (χ2n) is 7.44. The third kappa shape index (κ3) is 4.85. The molecule has 7 nitrogen and oxygen atoms in total. The summed E-state index contributed by atoms with van der Waals surface area (Å²) in [5, 5.41) is 0.701. The quantitative estimate of drug-likeness (QED) is 0.424. The van der Waals surface area contributed by atoms with Crippen LogP contribution in [0.3, 0.4) is 0 Å². The van der Waals surface area contributed by atoms with Gasteiger partial charge in [-0.15, -0.1) is 11.3 Å². The fourth-order valence-electron chi connectivity index (χ4n) is 3.75. The highest BCUT2D eigenvalue weighted by Gasteiger charge is 2.20. The van der Waals surface area contributed by atoms with Crippen LogP contribution in [0, 0.1) is 0 Å². The first-order valence-electron chi connectivity index (χ1n) is 10.5. The van der Waals surface area contributed by atoms with Gasteiger partial charge in [0.15, 0.2) is 12.4 Å². The van der Waals surface area contributed by atoms with E-state index in [4.69, 9.17) is 9.47 Å². The van der Waals surface area contributed by atoms with Gasteiger partial charge < -0.3 is 14.5 Å². The fourth-order valence-corrected chi connectivity index (χ4v) is 5.03. The zero-order valence-corrected chi connectivity index (χ0v) is 18.2. The lowest BCUT2D eigenvalue weighted by Gasteiger charge is -2.09. The second-order valence-corrected chi connectivity index (χ2v) is 8.53. The van der Waals surface area contributed by atoms with Crippen molar-refractivity contribution in [3.05, 3.63) is 56.4 Å². The Hall–Kier alpha value is -3.00. The number of hydrogen-bond donors (Lipinski definition) is 1. The van der Waals surface area contributed by atoms with Crippen molar-refractivity contribution in [2.24, 2.45) is 0 Å². The Labute approximate surface area is 183 Å². The van der Waals surface area contributed by atoms with Gasteiger partial charge >= 0.3 is 5.97 Å². The van der Waals surface area contributed by atoms with Gasteiger partial charge in [-0.25, -0.2) is 4.98 Å². The topological polar surface area (TPSA) is 98.3 Å². The van der Waals surface area contributed by atoms with Gasteiger partial charge in [0, 0.05) is 16.9 Å². The Bertz CT molecular complexity index is 1160. The molecule has 2 aromatic heterocycles. The lowest BCUT2D eigenvalue weighted by atomic mass is 9.97. The van der Waals surface area contributed by atoms with Crippen molar-refractivity contribution < 1.29 is 19.1 Å². The molecular formula is C23H24N2O5S. The molecule has 31 heavy (non-hydrogen) atoms. The second kappa shape index (κ2) is 9.43. The van der Waals surface area contributed by atoms with Crippen LogP contribution in [0.1, 0.15) is 52.8 Å². The summed E-state index contributed by atoms with van der Waals surface area (Å²) in [5.41, 5.74) is 1.45. The van der Waals surface area contributed by atoms with E-state index in [0.29, 0.717) is 29.1 Å². The molecule has 0 spiro atoms. The number of fused-ring (bicyclic) bond motifs is 3. The maximum Gasteiger partial charge on any atom is 0.306 e. The number of H-pyrrole nitrogens is 1. The molecule has 1 aromatic carbocycles. The SMILES string of the molecule is CCOc1ccc(C(=O)COC(=O)CCc2nc3sc4c(c3c(=O)[nH]2)CCCC4)cc1. The van der Waals surface area contributed by atoms with Crippen LogP contribution in [0.25, 0.3) is 10.2 Å². The van der Waals surface area contributed by atoms with Crippen molar-refractivity contribution in [2.75, 3.05) is 13.2 Å². The smallest absolute Gasteiger partial charge is 0.306 e. The van der Waals surface area contributed by atoms with Gasteiger partial charge in [0.05, 0.1) is 18.4 Å². The van der Waals surface area contributed by atoms with Crippen molar-refractivity contribution in [3.8, 4) is 5.75 Å². The number of benzene rings is 1. The van der Waals surface area contributed by atoms with Crippen molar-refractivity contribution in [1.29, 1.82) is 0 Å². The number of aromatic nitrogens is 2. The van der Waals surface area contributed by atoms with Gasteiger partial charge in [0.25, 0.3) is 5.56 Å². The van der Waals surface area contributed by atoms with Crippen LogP contribution in [0.4, 0.5) is 0 Å². The number of esters is 1. The minimum atomic E-state index is -0.507. The van der Waals surface area contributed by atoms with E-state index in [1.807, 2.05) is 6.92 Å². The largest absolute Gasteiger partial charge is 0.494 e. The molecule has 0 saturated carbocycles. The zero-order valence-electron chi connectivity index (χ0n) is 17.4. The van der Waals surface area contributed by atoms with Crippen LogP contribution in [0.5, 0.6) is 5.75 Å². The third-order valence-electron chi connectivity index (χ3n) is 5.29. The average Bonchev–Trinajstić information content (AvgIpc) is 3.15. The van der Waals surface area contributed by atoms with Gasteiger partial charge in [-0.05, 0) is 62.4 Å². The molecule has 0 fully saturated rings. The van der Waals surface area contributed by atoms with Gasteiger partial charge in [0.1, 0.15) is 16.4 Å². The number of aryl methyl sites for hydroxylation is 3. The number of carbonyl (C=O) groups excluding carboxylic acids is 2. The molecule has 0 atom stereocenters. The summed E-state index contributed by atoms with van der Waals surface area (Å²) in [7, 11) is 0. The zero-order chi connectivity index (χ0) is 21.8. The minimum Gasteiger partial charge on any atom is -0.494 e. The molecule has 162 valence electrons. The van der Waals surface area contributed by atoms with E-state index < -0.39 is 5.97 Å².